The molecule has 0 spiro atoms. The van der Waals surface area contributed by atoms with Gasteiger partial charge in [-0.3, -0.25) is 10.0 Å². The molecule has 1 heterocycles. The molecule has 0 saturated heterocycles. The van der Waals surface area contributed by atoms with Gasteiger partial charge < -0.3 is 0 Å². The molecule has 4 nitrogen and oxygen atoms in total. The number of carbonyl (C=O) groups is 1. The number of nitrogens with one attached hydrogen (secondary N) is 1. The maximum Gasteiger partial charge on any atom is 0.275 e. The highest BCUT2D eigenvalue weighted by atomic mass is 79.9. The van der Waals surface area contributed by atoms with Crippen LogP contribution in [0.4, 0.5) is 0 Å². The molecule has 2 aromatic rings. The van der Waals surface area contributed by atoms with Crippen LogP contribution in [-0.4, -0.2) is 16.1 Å². The third-order valence-corrected chi connectivity index (χ3v) is 2.78. The molecule has 1 aromatic heterocycles. The maximum absolute atomic E-state index is 11.5. The fraction of sp³-hybridized carbons (Fsp3) is 0. The normalized spacial score (nSPS) is 10.0. The Balaban J connectivity index is 2.51. The first-order valence-corrected chi connectivity index (χ1v) is 5.67. The van der Waals surface area contributed by atoms with Crippen LogP contribution < -0.4 is 5.48 Å². The Kier molecular flexibility index (Phi) is 3.51. The van der Waals surface area contributed by atoms with Gasteiger partial charge in [-0.1, -0.05) is 24.3 Å². The highest BCUT2D eigenvalue weighted by Gasteiger charge is 2.11. The van der Waals surface area contributed by atoms with Crippen molar-refractivity contribution >= 4 is 21.8 Å². The molecule has 0 fully saturated rings. The quantitative estimate of drug-likeness (QED) is 0.508. The van der Waals surface area contributed by atoms with Gasteiger partial charge in [-0.25, -0.2) is 10.5 Å². The van der Waals surface area contributed by atoms with Crippen molar-refractivity contribution in [2.45, 2.75) is 0 Å². The molecule has 0 radical (unpaired) electrons. The van der Waals surface area contributed by atoms with Crippen molar-refractivity contribution in [3.8, 4) is 11.1 Å². The molecular formula is C12H9BrN2O2. The first-order valence-electron chi connectivity index (χ1n) is 4.88. The summed E-state index contributed by atoms with van der Waals surface area (Å²) in [4.78, 5) is 15.6. The van der Waals surface area contributed by atoms with Crippen LogP contribution in [0.3, 0.4) is 0 Å². The summed E-state index contributed by atoms with van der Waals surface area (Å²) in [5, 5.41) is 8.68. The molecule has 1 amide bonds. The Morgan fingerprint density at radius 3 is 2.65 bits per heavy atom. The Hall–Kier alpha value is -1.72. The summed E-state index contributed by atoms with van der Waals surface area (Å²) < 4.78 is 0.727. The lowest BCUT2D eigenvalue weighted by molar-refractivity contribution is 0.0707. The number of amides is 1. The van der Waals surface area contributed by atoms with E-state index in [9.17, 15) is 4.79 Å². The molecule has 0 atom stereocenters. The molecule has 17 heavy (non-hydrogen) atoms. The Morgan fingerprint density at radius 1 is 1.24 bits per heavy atom. The predicted octanol–water partition coefficient (Wildman–Crippen LogP) is 2.63. The summed E-state index contributed by atoms with van der Waals surface area (Å²) in [6.45, 7) is 0. The largest absolute Gasteiger partial charge is 0.288 e. The van der Waals surface area contributed by atoms with Crippen molar-refractivity contribution in [1.29, 1.82) is 0 Å². The summed E-state index contributed by atoms with van der Waals surface area (Å²) >= 11 is 3.25. The Morgan fingerprint density at radius 2 is 2.00 bits per heavy atom. The summed E-state index contributed by atoms with van der Waals surface area (Å²) in [6.07, 6.45) is 1.66. The van der Waals surface area contributed by atoms with Crippen molar-refractivity contribution in [2.24, 2.45) is 0 Å². The average molecular weight is 293 g/mol. The Bertz CT molecular complexity index is 540. The smallest absolute Gasteiger partial charge is 0.275 e. The van der Waals surface area contributed by atoms with Gasteiger partial charge >= 0.3 is 0 Å². The zero-order valence-electron chi connectivity index (χ0n) is 8.72. The lowest BCUT2D eigenvalue weighted by atomic mass is 10.0. The summed E-state index contributed by atoms with van der Waals surface area (Å²) in [7, 11) is 0. The number of rotatable bonds is 2. The highest BCUT2D eigenvalue weighted by Crippen LogP contribution is 2.23. The maximum atomic E-state index is 11.5. The van der Waals surface area contributed by atoms with E-state index in [1.807, 2.05) is 12.1 Å². The van der Waals surface area contributed by atoms with Crippen LogP contribution in [0.5, 0.6) is 0 Å². The minimum Gasteiger partial charge on any atom is -0.288 e. The van der Waals surface area contributed by atoms with Crippen LogP contribution in [0, 0.1) is 0 Å². The van der Waals surface area contributed by atoms with Gasteiger partial charge in [0, 0.05) is 17.3 Å². The van der Waals surface area contributed by atoms with Crippen molar-refractivity contribution in [3.05, 3.63) is 52.8 Å². The van der Waals surface area contributed by atoms with Crippen LogP contribution in [0.2, 0.25) is 0 Å². The number of hydroxylamine groups is 1. The summed E-state index contributed by atoms with van der Waals surface area (Å²) in [5.74, 6) is -0.538. The monoisotopic (exact) mass is 292 g/mol. The van der Waals surface area contributed by atoms with E-state index >= 15 is 0 Å². The predicted molar refractivity (Wildman–Crippen MR) is 66.6 cm³/mol. The van der Waals surface area contributed by atoms with Crippen LogP contribution in [-0.2, 0) is 0 Å². The van der Waals surface area contributed by atoms with E-state index in [1.54, 1.807) is 35.9 Å². The number of nitrogens with zero attached hydrogens (tertiary/aromatic N) is 1. The minimum atomic E-state index is -0.538. The zero-order chi connectivity index (χ0) is 12.3. The SMILES string of the molecule is O=C(NO)c1ccccc1-c1ccc(Br)nc1. The molecule has 86 valence electrons. The number of benzene rings is 1. The standard InChI is InChI=1S/C12H9BrN2O2/c13-11-6-5-8(7-14-11)9-3-1-2-4-10(9)12(16)15-17/h1-7,17H,(H,15,16). The third kappa shape index (κ3) is 2.51. The van der Waals surface area contributed by atoms with Crippen molar-refractivity contribution in [3.63, 3.8) is 0 Å². The third-order valence-electron chi connectivity index (χ3n) is 2.31. The van der Waals surface area contributed by atoms with Gasteiger partial charge in [-0.05, 0) is 33.6 Å². The van der Waals surface area contributed by atoms with Crippen molar-refractivity contribution in [1.82, 2.24) is 10.5 Å². The topological polar surface area (TPSA) is 62.2 Å². The molecule has 0 bridgehead atoms. The second kappa shape index (κ2) is 5.07. The van der Waals surface area contributed by atoms with Crippen LogP contribution in [0.1, 0.15) is 10.4 Å². The first kappa shape index (κ1) is 11.8. The number of hydrogen-bond acceptors (Lipinski definition) is 3. The molecule has 0 unspecified atom stereocenters. The lowest BCUT2D eigenvalue weighted by Gasteiger charge is -2.07. The highest BCUT2D eigenvalue weighted by molar-refractivity contribution is 9.10. The molecule has 0 aliphatic heterocycles. The Labute approximate surface area is 106 Å². The zero-order valence-corrected chi connectivity index (χ0v) is 10.3. The fourth-order valence-electron chi connectivity index (χ4n) is 1.53. The van der Waals surface area contributed by atoms with Crippen LogP contribution in [0.25, 0.3) is 11.1 Å². The van der Waals surface area contributed by atoms with E-state index in [1.165, 1.54) is 0 Å². The molecule has 2 rings (SSSR count). The molecule has 0 aliphatic carbocycles. The fourth-order valence-corrected chi connectivity index (χ4v) is 1.76. The lowest BCUT2D eigenvalue weighted by Crippen LogP contribution is -2.19. The first-order chi connectivity index (χ1) is 8.22. The molecule has 1 aromatic carbocycles. The van der Waals surface area contributed by atoms with Gasteiger partial charge in [-0.2, -0.15) is 0 Å². The van der Waals surface area contributed by atoms with Crippen molar-refractivity contribution < 1.29 is 10.0 Å². The van der Waals surface area contributed by atoms with E-state index in [-0.39, 0.29) is 0 Å². The van der Waals surface area contributed by atoms with E-state index in [4.69, 9.17) is 5.21 Å². The summed E-state index contributed by atoms with van der Waals surface area (Å²) in [6, 6.07) is 10.6. The number of hydrogen-bond donors (Lipinski definition) is 2. The van der Waals surface area contributed by atoms with E-state index < -0.39 is 5.91 Å². The van der Waals surface area contributed by atoms with Gasteiger partial charge in [0.1, 0.15) is 4.60 Å². The number of carbonyl (C=O) groups excluding carboxylic acids is 1. The molecule has 2 N–H and O–H groups in total. The van der Waals surface area contributed by atoms with Gasteiger partial charge in [0.05, 0.1) is 0 Å². The van der Waals surface area contributed by atoms with Crippen LogP contribution in [0.15, 0.2) is 47.2 Å². The molecule has 0 saturated carbocycles. The second-order valence-electron chi connectivity index (χ2n) is 3.36. The number of pyridine rings is 1. The molecular weight excluding hydrogens is 284 g/mol. The van der Waals surface area contributed by atoms with E-state index in [0.717, 1.165) is 15.7 Å². The van der Waals surface area contributed by atoms with Crippen LogP contribution >= 0.6 is 15.9 Å². The van der Waals surface area contributed by atoms with E-state index in [2.05, 4.69) is 20.9 Å². The van der Waals surface area contributed by atoms with Gasteiger partial charge in [-0.15, -0.1) is 0 Å². The van der Waals surface area contributed by atoms with Crippen molar-refractivity contribution in [2.75, 3.05) is 0 Å². The van der Waals surface area contributed by atoms with Gasteiger partial charge in [0.25, 0.3) is 5.91 Å². The summed E-state index contributed by atoms with van der Waals surface area (Å²) in [5.41, 5.74) is 3.57. The van der Waals surface area contributed by atoms with E-state index in [0.29, 0.717) is 5.56 Å². The van der Waals surface area contributed by atoms with Gasteiger partial charge in [0.2, 0.25) is 0 Å². The average Bonchev–Trinajstić information content (AvgIpc) is 2.39. The second-order valence-corrected chi connectivity index (χ2v) is 4.17. The molecule has 5 heteroatoms. The number of halogens is 1. The minimum absolute atomic E-state index is 0.402. The molecule has 0 aliphatic rings. The number of aromatic nitrogens is 1. The van der Waals surface area contributed by atoms with Gasteiger partial charge in [0.15, 0.2) is 0 Å².